The zero-order valence-electron chi connectivity index (χ0n) is 11.2. The average Bonchev–Trinajstić information content (AvgIpc) is 2.29. The first-order valence-corrected chi connectivity index (χ1v) is 6.77. The van der Waals surface area contributed by atoms with Gasteiger partial charge in [-0.2, -0.15) is 0 Å². The van der Waals surface area contributed by atoms with Crippen LogP contribution in [0.3, 0.4) is 0 Å². The van der Waals surface area contributed by atoms with Crippen molar-refractivity contribution >= 4 is 0 Å². The molecule has 0 unspecified atom stereocenters. The van der Waals surface area contributed by atoms with Gasteiger partial charge in [0.1, 0.15) is 5.67 Å². The van der Waals surface area contributed by atoms with E-state index >= 15 is 0 Å². The summed E-state index contributed by atoms with van der Waals surface area (Å²) in [6, 6.07) is 8.92. The van der Waals surface area contributed by atoms with E-state index in [4.69, 9.17) is 0 Å². The average molecular weight is 234 g/mol. The van der Waals surface area contributed by atoms with Gasteiger partial charge in [0.25, 0.3) is 0 Å². The fourth-order valence-corrected chi connectivity index (χ4v) is 2.71. The van der Waals surface area contributed by atoms with Crippen LogP contribution in [0.1, 0.15) is 69.4 Å². The third-order valence-electron chi connectivity index (χ3n) is 4.10. The number of rotatable bonds is 2. The van der Waals surface area contributed by atoms with Gasteiger partial charge in [0.2, 0.25) is 0 Å². The van der Waals surface area contributed by atoms with Gasteiger partial charge in [-0.25, -0.2) is 4.39 Å². The van der Waals surface area contributed by atoms with Crippen molar-refractivity contribution in [3.63, 3.8) is 0 Å². The van der Waals surface area contributed by atoms with Crippen molar-refractivity contribution < 1.29 is 4.39 Å². The molecule has 0 heterocycles. The van der Waals surface area contributed by atoms with Gasteiger partial charge in [-0.1, -0.05) is 38.1 Å². The standard InChI is InChI=1S/C16H23F/c1-12(2)13-4-6-14(7-5-13)15-8-10-16(3,17)11-9-15/h4-7,12,15H,8-11H2,1-3H3. The van der Waals surface area contributed by atoms with Crippen LogP contribution in [-0.4, -0.2) is 5.67 Å². The van der Waals surface area contributed by atoms with Crippen LogP contribution in [0, 0.1) is 0 Å². The molecule has 0 saturated heterocycles. The zero-order chi connectivity index (χ0) is 12.5. The summed E-state index contributed by atoms with van der Waals surface area (Å²) in [5, 5.41) is 0. The van der Waals surface area contributed by atoms with Gasteiger partial charge in [0.05, 0.1) is 0 Å². The maximum atomic E-state index is 13.7. The monoisotopic (exact) mass is 234 g/mol. The minimum Gasteiger partial charge on any atom is -0.244 e. The van der Waals surface area contributed by atoms with E-state index in [0.717, 1.165) is 12.8 Å². The lowest BCUT2D eigenvalue weighted by atomic mass is 9.77. The van der Waals surface area contributed by atoms with Crippen LogP contribution in [0.25, 0.3) is 0 Å². The van der Waals surface area contributed by atoms with Crippen molar-refractivity contribution in [1.82, 2.24) is 0 Å². The van der Waals surface area contributed by atoms with Crippen LogP contribution < -0.4 is 0 Å². The summed E-state index contributed by atoms with van der Waals surface area (Å²) in [4.78, 5) is 0. The largest absolute Gasteiger partial charge is 0.244 e. The van der Waals surface area contributed by atoms with E-state index in [1.54, 1.807) is 6.92 Å². The van der Waals surface area contributed by atoms with Crippen LogP contribution in [0.4, 0.5) is 4.39 Å². The molecule has 1 saturated carbocycles. The molecule has 0 bridgehead atoms. The first-order chi connectivity index (χ1) is 7.98. The highest BCUT2D eigenvalue weighted by atomic mass is 19.1. The highest BCUT2D eigenvalue weighted by molar-refractivity contribution is 5.27. The lowest BCUT2D eigenvalue weighted by Gasteiger charge is -2.31. The van der Waals surface area contributed by atoms with Crippen molar-refractivity contribution in [2.75, 3.05) is 0 Å². The molecule has 0 N–H and O–H groups in total. The summed E-state index contributed by atoms with van der Waals surface area (Å²) in [5.41, 5.74) is 1.86. The van der Waals surface area contributed by atoms with E-state index in [9.17, 15) is 4.39 Å². The fraction of sp³-hybridized carbons (Fsp3) is 0.625. The SMILES string of the molecule is CC(C)c1ccc(C2CCC(C)(F)CC2)cc1. The topological polar surface area (TPSA) is 0 Å². The Balaban J connectivity index is 2.04. The second-order valence-corrected chi connectivity index (χ2v) is 6.01. The maximum Gasteiger partial charge on any atom is 0.108 e. The molecule has 0 aromatic heterocycles. The Hall–Kier alpha value is -0.850. The van der Waals surface area contributed by atoms with E-state index in [2.05, 4.69) is 38.1 Å². The van der Waals surface area contributed by atoms with Gasteiger partial charge in [0, 0.05) is 0 Å². The summed E-state index contributed by atoms with van der Waals surface area (Å²) in [6.45, 7) is 6.17. The van der Waals surface area contributed by atoms with E-state index in [1.165, 1.54) is 11.1 Å². The zero-order valence-corrected chi connectivity index (χ0v) is 11.2. The Labute approximate surface area is 104 Å². The van der Waals surface area contributed by atoms with Crippen LogP contribution >= 0.6 is 0 Å². The van der Waals surface area contributed by atoms with Gasteiger partial charge < -0.3 is 0 Å². The van der Waals surface area contributed by atoms with Crippen molar-refractivity contribution in [3.05, 3.63) is 35.4 Å². The molecule has 1 heteroatoms. The lowest BCUT2D eigenvalue weighted by molar-refractivity contribution is 0.120. The van der Waals surface area contributed by atoms with Crippen LogP contribution in [0.15, 0.2) is 24.3 Å². The predicted octanol–water partition coefficient (Wildman–Crippen LogP) is 5.20. The van der Waals surface area contributed by atoms with E-state index < -0.39 is 5.67 Å². The molecule has 0 nitrogen and oxygen atoms in total. The van der Waals surface area contributed by atoms with Gasteiger partial charge in [-0.3, -0.25) is 0 Å². The van der Waals surface area contributed by atoms with Crippen molar-refractivity contribution in [3.8, 4) is 0 Å². The molecule has 1 aliphatic carbocycles. The van der Waals surface area contributed by atoms with E-state index in [1.807, 2.05) is 0 Å². The Kier molecular flexibility index (Phi) is 3.56. The molecular formula is C16H23F. The Morgan fingerprint density at radius 3 is 2.12 bits per heavy atom. The number of hydrogen-bond acceptors (Lipinski definition) is 0. The highest BCUT2D eigenvalue weighted by Gasteiger charge is 2.31. The highest BCUT2D eigenvalue weighted by Crippen LogP contribution is 2.39. The number of hydrogen-bond donors (Lipinski definition) is 0. The first-order valence-electron chi connectivity index (χ1n) is 6.77. The quantitative estimate of drug-likeness (QED) is 0.660. The third-order valence-corrected chi connectivity index (χ3v) is 4.10. The lowest BCUT2D eigenvalue weighted by Crippen LogP contribution is -2.25. The number of halogens is 1. The molecule has 1 aromatic rings. The maximum absolute atomic E-state index is 13.7. The third kappa shape index (κ3) is 3.08. The van der Waals surface area contributed by atoms with Crippen molar-refractivity contribution in [2.24, 2.45) is 0 Å². The Morgan fingerprint density at radius 1 is 1.12 bits per heavy atom. The van der Waals surface area contributed by atoms with Crippen molar-refractivity contribution in [1.29, 1.82) is 0 Å². The number of alkyl halides is 1. The molecular weight excluding hydrogens is 211 g/mol. The van der Waals surface area contributed by atoms with Gasteiger partial charge in [0.15, 0.2) is 0 Å². The van der Waals surface area contributed by atoms with Crippen LogP contribution in [0.2, 0.25) is 0 Å². The minimum absolute atomic E-state index is 0.569. The molecule has 0 atom stereocenters. The molecule has 17 heavy (non-hydrogen) atoms. The Bertz CT molecular complexity index is 352. The van der Waals surface area contributed by atoms with Crippen LogP contribution in [-0.2, 0) is 0 Å². The molecule has 1 fully saturated rings. The van der Waals surface area contributed by atoms with E-state index in [-0.39, 0.29) is 0 Å². The second kappa shape index (κ2) is 4.80. The number of benzene rings is 1. The Morgan fingerprint density at radius 2 is 1.65 bits per heavy atom. The molecule has 0 spiro atoms. The normalized spacial score (nSPS) is 29.6. The fourth-order valence-electron chi connectivity index (χ4n) is 2.71. The summed E-state index contributed by atoms with van der Waals surface area (Å²) in [7, 11) is 0. The molecule has 94 valence electrons. The summed E-state index contributed by atoms with van der Waals surface area (Å²) in [6.07, 6.45) is 3.41. The minimum atomic E-state index is -0.922. The van der Waals surface area contributed by atoms with Gasteiger partial charge in [-0.15, -0.1) is 0 Å². The molecule has 1 aliphatic rings. The van der Waals surface area contributed by atoms with Crippen LogP contribution in [0.5, 0.6) is 0 Å². The molecule has 0 aliphatic heterocycles. The van der Waals surface area contributed by atoms with Gasteiger partial charge in [-0.05, 0) is 55.6 Å². The molecule has 0 amide bonds. The van der Waals surface area contributed by atoms with E-state index in [0.29, 0.717) is 24.7 Å². The molecule has 0 radical (unpaired) electrons. The summed E-state index contributed by atoms with van der Waals surface area (Å²) < 4.78 is 13.7. The summed E-state index contributed by atoms with van der Waals surface area (Å²) >= 11 is 0. The summed E-state index contributed by atoms with van der Waals surface area (Å²) in [5.74, 6) is 1.16. The molecule has 1 aromatic carbocycles. The first kappa shape index (κ1) is 12.6. The smallest absolute Gasteiger partial charge is 0.108 e. The van der Waals surface area contributed by atoms with Gasteiger partial charge >= 0.3 is 0 Å². The molecule has 2 rings (SSSR count). The van der Waals surface area contributed by atoms with Crippen molar-refractivity contribution in [2.45, 2.75) is 64.0 Å². The predicted molar refractivity (Wildman–Crippen MR) is 71.3 cm³/mol. The second-order valence-electron chi connectivity index (χ2n) is 6.01.